The van der Waals surface area contributed by atoms with Crippen LogP contribution in [0.4, 0.5) is 11.6 Å². The van der Waals surface area contributed by atoms with Crippen molar-refractivity contribution in [3.05, 3.63) is 46.7 Å². The summed E-state index contributed by atoms with van der Waals surface area (Å²) in [7, 11) is 4.26. The summed E-state index contributed by atoms with van der Waals surface area (Å²) in [5.41, 5.74) is 12.5. The number of Topliss-reactive ketones (excluding diaryl/α,β-unsaturated/α-hetero) is 1. The number of halogens is 1. The number of likely N-dealkylation sites (N-methyl/N-ethyl adjacent to an activating group) is 1. The number of unbranched alkanes of at least 4 members (excludes halogenated alkanes) is 3. The Balaban J connectivity index is 1.57. The molecule has 0 bridgehead atoms. The standard InChI is InChI=1S/C24H35ClN6O2/c1-31(2,17-15-28-24(33)20-22(26)30-23(27)21(25)29-20)16-9-4-3-8-12-19(32)14-13-18-10-6-5-7-11-18/h5-7,10-11H,3-4,8-9,12-17H2,1-2H3,(H4-,26,27,28,30,33)/p+1. The molecule has 1 aromatic carbocycles. The zero-order valence-corrected chi connectivity index (χ0v) is 20.4. The maximum atomic E-state index is 12.3. The van der Waals surface area contributed by atoms with E-state index in [2.05, 4.69) is 41.5 Å². The third-order valence-electron chi connectivity index (χ3n) is 5.63. The van der Waals surface area contributed by atoms with Crippen LogP contribution in [0.15, 0.2) is 30.3 Å². The molecule has 0 unspecified atom stereocenters. The molecule has 0 fully saturated rings. The van der Waals surface area contributed by atoms with E-state index in [1.165, 1.54) is 5.56 Å². The number of carbonyl (C=O) groups excluding carboxylic acids is 2. The third kappa shape index (κ3) is 9.75. The van der Waals surface area contributed by atoms with Crippen LogP contribution < -0.4 is 16.8 Å². The maximum absolute atomic E-state index is 12.3. The van der Waals surface area contributed by atoms with Crippen molar-refractivity contribution in [2.45, 2.75) is 44.9 Å². The molecule has 0 spiro atoms. The Labute approximate surface area is 201 Å². The summed E-state index contributed by atoms with van der Waals surface area (Å²) in [5.74, 6) is -0.112. The molecule has 33 heavy (non-hydrogen) atoms. The molecular formula is C24H36ClN6O2+. The molecule has 0 saturated carbocycles. The number of nitrogens with zero attached hydrogens (tertiary/aromatic N) is 3. The van der Waals surface area contributed by atoms with E-state index in [9.17, 15) is 9.59 Å². The first-order valence-corrected chi connectivity index (χ1v) is 11.8. The van der Waals surface area contributed by atoms with Crippen molar-refractivity contribution in [3.8, 4) is 0 Å². The summed E-state index contributed by atoms with van der Waals surface area (Å²) < 4.78 is 0.778. The number of hydrogen-bond acceptors (Lipinski definition) is 6. The van der Waals surface area contributed by atoms with Crippen LogP contribution in [-0.4, -0.2) is 59.9 Å². The summed E-state index contributed by atoms with van der Waals surface area (Å²) >= 11 is 5.83. The second kappa shape index (κ2) is 13.1. The Morgan fingerprint density at radius 2 is 1.64 bits per heavy atom. The molecule has 0 aliphatic rings. The molecular weight excluding hydrogens is 440 g/mol. The number of aryl methyl sites for hydroxylation is 1. The summed E-state index contributed by atoms with van der Waals surface area (Å²) in [6, 6.07) is 10.1. The number of amides is 1. The van der Waals surface area contributed by atoms with Crippen LogP contribution in [0.25, 0.3) is 0 Å². The van der Waals surface area contributed by atoms with Crippen molar-refractivity contribution in [3.63, 3.8) is 0 Å². The summed E-state index contributed by atoms with van der Waals surface area (Å²) in [6.45, 7) is 2.23. The highest BCUT2D eigenvalue weighted by atomic mass is 35.5. The average Bonchev–Trinajstić information content (AvgIpc) is 2.77. The minimum absolute atomic E-state index is 0.0000621. The number of hydrogen-bond donors (Lipinski definition) is 3. The van der Waals surface area contributed by atoms with Gasteiger partial charge in [0.05, 0.1) is 33.7 Å². The van der Waals surface area contributed by atoms with Gasteiger partial charge in [-0.15, -0.1) is 0 Å². The summed E-state index contributed by atoms with van der Waals surface area (Å²) in [5, 5.41) is 2.78. The minimum atomic E-state index is -0.418. The van der Waals surface area contributed by atoms with E-state index in [4.69, 9.17) is 23.1 Å². The molecule has 0 atom stereocenters. The van der Waals surface area contributed by atoms with E-state index >= 15 is 0 Å². The van der Waals surface area contributed by atoms with Crippen molar-refractivity contribution in [1.29, 1.82) is 0 Å². The lowest BCUT2D eigenvalue weighted by Gasteiger charge is -2.30. The van der Waals surface area contributed by atoms with Gasteiger partial charge < -0.3 is 21.3 Å². The van der Waals surface area contributed by atoms with Crippen LogP contribution in [0.2, 0.25) is 5.15 Å². The Morgan fingerprint density at radius 1 is 0.939 bits per heavy atom. The van der Waals surface area contributed by atoms with E-state index in [1.54, 1.807) is 0 Å². The molecule has 0 saturated heterocycles. The van der Waals surface area contributed by atoms with Gasteiger partial charge in [-0.25, -0.2) is 9.97 Å². The van der Waals surface area contributed by atoms with E-state index in [1.807, 2.05) is 18.2 Å². The van der Waals surface area contributed by atoms with Gasteiger partial charge in [0.15, 0.2) is 22.5 Å². The fourth-order valence-electron chi connectivity index (χ4n) is 3.55. The molecule has 1 amide bonds. The van der Waals surface area contributed by atoms with Gasteiger partial charge in [-0.2, -0.15) is 0 Å². The second-order valence-corrected chi connectivity index (χ2v) is 9.32. The first-order chi connectivity index (χ1) is 15.7. The van der Waals surface area contributed by atoms with Gasteiger partial charge in [-0.3, -0.25) is 9.59 Å². The molecule has 8 nitrogen and oxygen atoms in total. The van der Waals surface area contributed by atoms with Crippen molar-refractivity contribution >= 4 is 34.9 Å². The molecule has 5 N–H and O–H groups in total. The fraction of sp³-hybridized carbons (Fsp3) is 0.500. The highest BCUT2D eigenvalue weighted by Gasteiger charge is 2.18. The lowest BCUT2D eigenvalue weighted by Crippen LogP contribution is -2.46. The highest BCUT2D eigenvalue weighted by molar-refractivity contribution is 6.31. The SMILES string of the molecule is C[N+](C)(CCCCCCC(=O)CCc1ccccc1)CCNC(=O)c1nc(Cl)c(N)nc1N. The molecule has 0 radical (unpaired) electrons. The smallest absolute Gasteiger partial charge is 0.273 e. The molecule has 2 aromatic rings. The number of rotatable bonds is 14. The fourth-order valence-corrected chi connectivity index (χ4v) is 3.67. The van der Waals surface area contributed by atoms with Crippen LogP contribution in [0.5, 0.6) is 0 Å². The molecule has 180 valence electrons. The molecule has 1 aromatic heterocycles. The van der Waals surface area contributed by atoms with E-state index < -0.39 is 5.91 Å². The first kappa shape index (κ1) is 26.5. The number of benzene rings is 1. The van der Waals surface area contributed by atoms with Gasteiger partial charge in [0, 0.05) is 12.8 Å². The van der Waals surface area contributed by atoms with Crippen LogP contribution >= 0.6 is 11.6 Å². The van der Waals surface area contributed by atoms with Gasteiger partial charge in [-0.05, 0) is 31.2 Å². The predicted octanol–water partition coefficient (Wildman–Crippen LogP) is 3.25. The Hall–Kier alpha value is -2.71. The Bertz CT molecular complexity index is 921. The van der Waals surface area contributed by atoms with E-state index in [0.717, 1.165) is 49.7 Å². The monoisotopic (exact) mass is 475 g/mol. The zero-order chi connectivity index (χ0) is 24.3. The van der Waals surface area contributed by atoms with E-state index in [0.29, 0.717) is 25.2 Å². The number of anilines is 2. The Morgan fingerprint density at radius 3 is 2.36 bits per heavy atom. The number of ketones is 1. The van der Waals surface area contributed by atoms with Crippen LogP contribution in [0.1, 0.15) is 54.6 Å². The van der Waals surface area contributed by atoms with Crippen LogP contribution in [0, 0.1) is 0 Å². The minimum Gasteiger partial charge on any atom is -0.382 e. The first-order valence-electron chi connectivity index (χ1n) is 11.4. The predicted molar refractivity (Wildman–Crippen MR) is 133 cm³/mol. The lowest BCUT2D eigenvalue weighted by atomic mass is 10.0. The normalized spacial score (nSPS) is 11.4. The van der Waals surface area contributed by atoms with Gasteiger partial charge in [-0.1, -0.05) is 48.4 Å². The molecule has 0 aliphatic heterocycles. The quantitative estimate of drug-likeness (QED) is 0.284. The topological polar surface area (TPSA) is 124 Å². The zero-order valence-electron chi connectivity index (χ0n) is 19.6. The highest BCUT2D eigenvalue weighted by Crippen LogP contribution is 2.17. The second-order valence-electron chi connectivity index (χ2n) is 8.96. The lowest BCUT2D eigenvalue weighted by molar-refractivity contribution is -0.889. The number of nitrogens with one attached hydrogen (secondary N) is 1. The number of nitrogen functional groups attached to an aromatic ring is 2. The number of nitrogens with two attached hydrogens (primary N) is 2. The van der Waals surface area contributed by atoms with Gasteiger partial charge in [0.1, 0.15) is 5.78 Å². The largest absolute Gasteiger partial charge is 0.382 e. The number of quaternary nitrogens is 1. The molecule has 2 rings (SSSR count). The summed E-state index contributed by atoms with van der Waals surface area (Å²) in [6.07, 6.45) is 6.29. The van der Waals surface area contributed by atoms with Crippen molar-refractivity contribution in [1.82, 2.24) is 15.3 Å². The van der Waals surface area contributed by atoms with Crippen LogP contribution in [-0.2, 0) is 11.2 Å². The molecule has 0 aliphatic carbocycles. The van der Waals surface area contributed by atoms with Gasteiger partial charge in [0.25, 0.3) is 5.91 Å². The van der Waals surface area contributed by atoms with Crippen molar-refractivity contribution < 1.29 is 14.1 Å². The van der Waals surface area contributed by atoms with Crippen molar-refractivity contribution in [2.75, 3.05) is 45.2 Å². The van der Waals surface area contributed by atoms with Gasteiger partial charge in [0.2, 0.25) is 0 Å². The molecule has 1 heterocycles. The number of carbonyl (C=O) groups is 2. The van der Waals surface area contributed by atoms with Crippen molar-refractivity contribution in [2.24, 2.45) is 0 Å². The Kier molecular flexibility index (Phi) is 10.5. The third-order valence-corrected chi connectivity index (χ3v) is 5.91. The molecule has 9 heteroatoms. The van der Waals surface area contributed by atoms with Gasteiger partial charge >= 0.3 is 0 Å². The number of aromatic nitrogens is 2. The summed E-state index contributed by atoms with van der Waals surface area (Å²) in [4.78, 5) is 32.1. The maximum Gasteiger partial charge on any atom is 0.273 e. The average molecular weight is 476 g/mol. The van der Waals surface area contributed by atoms with Crippen LogP contribution in [0.3, 0.4) is 0 Å². The van der Waals surface area contributed by atoms with E-state index in [-0.39, 0.29) is 22.5 Å².